The van der Waals surface area contributed by atoms with Crippen molar-refractivity contribution >= 4 is 37.5 Å². The first kappa shape index (κ1) is 13.5. The van der Waals surface area contributed by atoms with Crippen LogP contribution in [0.15, 0.2) is 22.7 Å². The van der Waals surface area contributed by atoms with E-state index in [9.17, 15) is 0 Å². The van der Waals surface area contributed by atoms with Gasteiger partial charge in [0.15, 0.2) is 0 Å². The molecule has 2 nitrogen and oxygen atoms in total. The van der Waals surface area contributed by atoms with Crippen LogP contribution in [0.4, 0.5) is 0 Å². The van der Waals surface area contributed by atoms with E-state index in [1.807, 2.05) is 11.3 Å². The van der Waals surface area contributed by atoms with E-state index in [0.717, 1.165) is 16.0 Å². The third kappa shape index (κ3) is 2.58. The van der Waals surface area contributed by atoms with Gasteiger partial charge >= 0.3 is 0 Å². The highest BCUT2D eigenvalue weighted by Gasteiger charge is 2.35. The first-order valence-corrected chi connectivity index (χ1v) is 8.43. The summed E-state index contributed by atoms with van der Waals surface area (Å²) >= 11 is 5.38. The number of halogens is 1. The average Bonchev–Trinajstić information content (AvgIpc) is 2.69. The molecule has 102 valence electrons. The molecule has 1 saturated carbocycles. The molecule has 0 unspecified atom stereocenters. The molecule has 1 fully saturated rings. The second-order valence-corrected chi connectivity index (χ2v) is 7.72. The molecule has 0 radical (unpaired) electrons. The number of aromatic nitrogens is 1. The van der Waals surface area contributed by atoms with E-state index in [1.165, 1.54) is 22.5 Å². The molecule has 0 N–H and O–H groups in total. The van der Waals surface area contributed by atoms with Gasteiger partial charge in [-0.1, -0.05) is 15.9 Å². The van der Waals surface area contributed by atoms with Gasteiger partial charge in [0.1, 0.15) is 0 Å². The molecule has 0 atom stereocenters. The van der Waals surface area contributed by atoms with Gasteiger partial charge in [-0.2, -0.15) is 0 Å². The Morgan fingerprint density at radius 2 is 2.11 bits per heavy atom. The zero-order valence-electron chi connectivity index (χ0n) is 11.6. The molecular weight excluding hydrogens is 320 g/mol. The largest absolute Gasteiger partial charge is 0.301 e. The molecule has 1 aliphatic carbocycles. The molecule has 0 bridgehead atoms. The lowest BCUT2D eigenvalue weighted by Gasteiger charge is -2.42. The van der Waals surface area contributed by atoms with Crippen LogP contribution in [0.25, 0.3) is 10.2 Å². The molecule has 1 heterocycles. The minimum Gasteiger partial charge on any atom is -0.301 e. The van der Waals surface area contributed by atoms with E-state index in [0.29, 0.717) is 12.0 Å². The standard InChI is InChI=1S/C15H19BrN2S/c1-9(2)18(3)12-6-10(7-12)15-17-13-5-4-11(16)8-14(13)19-15/h4-5,8-10,12H,6-7H2,1-3H3/t10-,12-. The highest BCUT2D eigenvalue weighted by atomic mass is 79.9. The van der Waals surface area contributed by atoms with Crippen LogP contribution in [-0.2, 0) is 0 Å². The smallest absolute Gasteiger partial charge is 0.0970 e. The van der Waals surface area contributed by atoms with E-state index in [1.54, 1.807) is 0 Å². The van der Waals surface area contributed by atoms with Gasteiger partial charge in [-0.3, -0.25) is 0 Å². The maximum absolute atomic E-state index is 4.79. The summed E-state index contributed by atoms with van der Waals surface area (Å²) in [6.07, 6.45) is 2.52. The van der Waals surface area contributed by atoms with Crippen molar-refractivity contribution in [2.45, 2.75) is 44.7 Å². The molecule has 0 spiro atoms. The van der Waals surface area contributed by atoms with Crippen LogP contribution < -0.4 is 0 Å². The van der Waals surface area contributed by atoms with Crippen LogP contribution in [0.5, 0.6) is 0 Å². The monoisotopic (exact) mass is 338 g/mol. The lowest BCUT2D eigenvalue weighted by Crippen LogP contribution is -2.44. The molecular formula is C15H19BrN2S. The first-order valence-electron chi connectivity index (χ1n) is 6.82. The minimum absolute atomic E-state index is 0.636. The Morgan fingerprint density at radius 1 is 1.37 bits per heavy atom. The molecule has 0 aliphatic heterocycles. The third-order valence-corrected chi connectivity index (χ3v) is 5.89. The van der Waals surface area contributed by atoms with Crippen LogP contribution in [0.3, 0.4) is 0 Å². The van der Waals surface area contributed by atoms with E-state index in [2.05, 4.69) is 59.9 Å². The van der Waals surface area contributed by atoms with Crippen molar-refractivity contribution in [3.8, 4) is 0 Å². The Morgan fingerprint density at radius 3 is 2.79 bits per heavy atom. The van der Waals surface area contributed by atoms with Crippen molar-refractivity contribution in [2.24, 2.45) is 0 Å². The zero-order valence-corrected chi connectivity index (χ0v) is 14.0. The summed E-state index contributed by atoms with van der Waals surface area (Å²) in [5.74, 6) is 0.669. The number of nitrogens with zero attached hydrogens (tertiary/aromatic N) is 2. The SMILES string of the molecule is CC(C)N(C)[C@H]1C[C@H](c2nc3ccc(Br)cc3s2)C1. The number of rotatable bonds is 3. The summed E-state index contributed by atoms with van der Waals surface area (Å²) in [5, 5.41) is 1.32. The number of fused-ring (bicyclic) bond motifs is 1. The molecule has 4 heteroatoms. The van der Waals surface area contributed by atoms with E-state index < -0.39 is 0 Å². The number of benzene rings is 1. The Hall–Kier alpha value is -0.450. The normalized spacial score (nSPS) is 23.3. The number of thiazole rings is 1. The number of hydrogen-bond donors (Lipinski definition) is 0. The Kier molecular flexibility index (Phi) is 3.67. The Bertz CT molecular complexity index is 587. The minimum atomic E-state index is 0.636. The van der Waals surface area contributed by atoms with Gasteiger partial charge in [0.2, 0.25) is 0 Å². The predicted octanol–water partition coefficient (Wildman–Crippen LogP) is 4.65. The van der Waals surface area contributed by atoms with E-state index >= 15 is 0 Å². The van der Waals surface area contributed by atoms with Crippen LogP contribution in [0, 0.1) is 0 Å². The third-order valence-electron chi connectivity index (χ3n) is 4.22. The van der Waals surface area contributed by atoms with E-state index in [-0.39, 0.29) is 0 Å². The van der Waals surface area contributed by atoms with Crippen LogP contribution in [0.1, 0.15) is 37.6 Å². The summed E-state index contributed by atoms with van der Waals surface area (Å²) in [5.41, 5.74) is 1.14. The molecule has 1 aromatic carbocycles. The van der Waals surface area contributed by atoms with Crippen LogP contribution in [-0.4, -0.2) is 29.0 Å². The zero-order chi connectivity index (χ0) is 13.6. The van der Waals surface area contributed by atoms with Gasteiger partial charge in [0, 0.05) is 22.5 Å². The molecule has 3 rings (SSSR count). The molecule has 2 aromatic rings. The Labute approximate surface area is 127 Å². The molecule has 1 aliphatic rings. The summed E-state index contributed by atoms with van der Waals surface area (Å²) in [6, 6.07) is 7.73. The lowest BCUT2D eigenvalue weighted by molar-refractivity contribution is 0.108. The quantitative estimate of drug-likeness (QED) is 0.809. The highest BCUT2D eigenvalue weighted by molar-refractivity contribution is 9.10. The highest BCUT2D eigenvalue weighted by Crippen LogP contribution is 2.42. The predicted molar refractivity (Wildman–Crippen MR) is 86.0 cm³/mol. The van der Waals surface area contributed by atoms with Crippen molar-refractivity contribution in [2.75, 3.05) is 7.05 Å². The average molecular weight is 339 g/mol. The fourth-order valence-electron chi connectivity index (χ4n) is 2.63. The molecule has 0 amide bonds. The van der Waals surface area contributed by atoms with Gasteiger partial charge < -0.3 is 4.90 Å². The van der Waals surface area contributed by atoms with Gasteiger partial charge in [-0.25, -0.2) is 4.98 Å². The van der Waals surface area contributed by atoms with E-state index in [4.69, 9.17) is 4.98 Å². The Balaban J connectivity index is 1.73. The van der Waals surface area contributed by atoms with Gasteiger partial charge in [0.25, 0.3) is 0 Å². The van der Waals surface area contributed by atoms with Gasteiger partial charge in [-0.15, -0.1) is 11.3 Å². The maximum Gasteiger partial charge on any atom is 0.0970 e. The van der Waals surface area contributed by atoms with Crippen LogP contribution in [0.2, 0.25) is 0 Å². The molecule has 1 aromatic heterocycles. The van der Waals surface area contributed by atoms with Gasteiger partial charge in [-0.05, 0) is 51.9 Å². The summed E-state index contributed by atoms with van der Waals surface area (Å²) in [4.78, 5) is 7.28. The first-order chi connectivity index (χ1) is 9.04. The summed E-state index contributed by atoms with van der Waals surface area (Å²) in [7, 11) is 2.24. The number of hydrogen-bond acceptors (Lipinski definition) is 3. The lowest BCUT2D eigenvalue weighted by atomic mass is 9.79. The molecule has 19 heavy (non-hydrogen) atoms. The van der Waals surface area contributed by atoms with Gasteiger partial charge in [0.05, 0.1) is 15.2 Å². The summed E-state index contributed by atoms with van der Waals surface area (Å²) < 4.78 is 2.44. The topological polar surface area (TPSA) is 16.1 Å². The van der Waals surface area contributed by atoms with Crippen molar-refractivity contribution in [3.05, 3.63) is 27.7 Å². The van der Waals surface area contributed by atoms with Crippen LogP contribution >= 0.6 is 27.3 Å². The van der Waals surface area contributed by atoms with Crippen molar-refractivity contribution in [3.63, 3.8) is 0 Å². The maximum atomic E-state index is 4.79. The van der Waals surface area contributed by atoms with Crippen molar-refractivity contribution in [1.29, 1.82) is 0 Å². The summed E-state index contributed by atoms with van der Waals surface area (Å²) in [6.45, 7) is 4.53. The fraction of sp³-hybridized carbons (Fsp3) is 0.533. The second-order valence-electron chi connectivity index (χ2n) is 5.75. The molecule has 0 saturated heterocycles. The fourth-order valence-corrected chi connectivity index (χ4v) is 4.28. The van der Waals surface area contributed by atoms with Crippen molar-refractivity contribution < 1.29 is 0 Å². The van der Waals surface area contributed by atoms with Crippen molar-refractivity contribution in [1.82, 2.24) is 9.88 Å². The second kappa shape index (κ2) is 5.15.